The summed E-state index contributed by atoms with van der Waals surface area (Å²) in [4.78, 5) is 52.4. The molecule has 2 N–H and O–H groups in total. The molecule has 14 heteroatoms. The molecule has 3 fully saturated rings. The number of imide groups is 1. The largest absolute Gasteiger partial charge is 0.494 e. The molecule has 270 valence electrons. The number of nitriles is 1. The lowest BCUT2D eigenvalue weighted by molar-refractivity contribution is -0.120. The number of pyridine rings is 2. The zero-order valence-electron chi connectivity index (χ0n) is 29.5. The number of hydrogen-bond donors (Lipinski definition) is 2. The molecule has 2 aliphatic heterocycles. The number of fused-ring (bicyclic) bond motifs is 2. The van der Waals surface area contributed by atoms with Crippen molar-refractivity contribution >= 4 is 56.6 Å². The second-order valence-corrected chi connectivity index (χ2v) is 14.0. The third-order valence-corrected chi connectivity index (χ3v) is 10.7. The number of methoxy groups -OCH3 is 1. The van der Waals surface area contributed by atoms with E-state index in [0.29, 0.717) is 41.1 Å². The van der Waals surface area contributed by atoms with Crippen LogP contribution in [0.25, 0.3) is 21.7 Å². The minimum atomic E-state index is -0.404. The summed E-state index contributed by atoms with van der Waals surface area (Å²) < 4.78 is 7.67. The molecule has 4 amide bonds. The maximum atomic E-state index is 13.0. The molecule has 8 rings (SSSR count). The van der Waals surface area contributed by atoms with Crippen LogP contribution in [0.2, 0.25) is 0 Å². The van der Waals surface area contributed by atoms with Crippen LogP contribution >= 0.6 is 0 Å². The van der Waals surface area contributed by atoms with Crippen molar-refractivity contribution < 1.29 is 19.1 Å². The molecule has 3 aliphatic rings. The molecule has 14 nitrogen and oxygen atoms in total. The molecular weight excluding hydrogens is 672 g/mol. The van der Waals surface area contributed by atoms with Crippen LogP contribution in [0.4, 0.5) is 21.9 Å². The maximum absolute atomic E-state index is 13.0. The number of carbonyl (C=O) groups is 3. The monoisotopic (exact) mass is 712 g/mol. The summed E-state index contributed by atoms with van der Waals surface area (Å²) in [6.45, 7) is 5.20. The molecular formula is C39H40N10O4. The fourth-order valence-corrected chi connectivity index (χ4v) is 7.92. The fourth-order valence-electron chi connectivity index (χ4n) is 7.92. The summed E-state index contributed by atoms with van der Waals surface area (Å²) in [6, 6.07) is 13.3. The molecule has 0 unspecified atom stereocenters. The SMILES string of the molecule is COc1cc2nn([C@H]3CC[C@H](CN4CCN(c5cccc6c(N7CCC(=O)NC7=O)cncc56)CC4)CC3)cc2cc1NC(=O)c1cncc(C#N)c1. The second-order valence-electron chi connectivity index (χ2n) is 14.0. The Hall–Kier alpha value is -6.07. The number of urea groups is 1. The number of benzene rings is 2. The molecule has 1 aliphatic carbocycles. The van der Waals surface area contributed by atoms with Gasteiger partial charge in [-0.05, 0) is 49.8 Å². The Bertz CT molecular complexity index is 2250. The van der Waals surface area contributed by atoms with Crippen LogP contribution in [0.3, 0.4) is 0 Å². The van der Waals surface area contributed by atoms with E-state index in [1.807, 2.05) is 36.5 Å². The highest BCUT2D eigenvalue weighted by Gasteiger charge is 2.29. The molecule has 53 heavy (non-hydrogen) atoms. The quantitative estimate of drug-likeness (QED) is 0.221. The van der Waals surface area contributed by atoms with Gasteiger partial charge in [-0.15, -0.1) is 0 Å². The number of piperazine rings is 1. The van der Waals surface area contributed by atoms with E-state index >= 15 is 0 Å². The fraction of sp³-hybridized carbons (Fsp3) is 0.359. The van der Waals surface area contributed by atoms with Crippen molar-refractivity contribution in [3.63, 3.8) is 0 Å². The van der Waals surface area contributed by atoms with Crippen molar-refractivity contribution in [1.29, 1.82) is 5.26 Å². The van der Waals surface area contributed by atoms with Crippen molar-refractivity contribution in [1.82, 2.24) is 30.0 Å². The van der Waals surface area contributed by atoms with Gasteiger partial charge in [0.2, 0.25) is 5.91 Å². The first-order chi connectivity index (χ1) is 25.9. The van der Waals surface area contributed by atoms with Crippen LogP contribution in [-0.4, -0.2) is 88.9 Å². The first-order valence-electron chi connectivity index (χ1n) is 18.1. The van der Waals surface area contributed by atoms with E-state index in [4.69, 9.17) is 9.84 Å². The van der Waals surface area contributed by atoms with E-state index in [9.17, 15) is 19.6 Å². The second kappa shape index (κ2) is 14.5. The number of hydrogen-bond acceptors (Lipinski definition) is 10. The first-order valence-corrected chi connectivity index (χ1v) is 18.1. The predicted molar refractivity (Wildman–Crippen MR) is 200 cm³/mol. The van der Waals surface area contributed by atoms with Crippen LogP contribution < -0.4 is 25.2 Å². The van der Waals surface area contributed by atoms with Gasteiger partial charge < -0.3 is 15.0 Å². The molecule has 3 aromatic heterocycles. The van der Waals surface area contributed by atoms with Crippen LogP contribution in [0.15, 0.2) is 67.4 Å². The van der Waals surface area contributed by atoms with Gasteiger partial charge in [-0.1, -0.05) is 12.1 Å². The summed E-state index contributed by atoms with van der Waals surface area (Å²) in [5.41, 5.74) is 3.79. The summed E-state index contributed by atoms with van der Waals surface area (Å²) in [5, 5.41) is 22.3. The molecule has 0 spiro atoms. The van der Waals surface area contributed by atoms with E-state index in [1.54, 1.807) is 18.2 Å². The Labute approximate surface area is 306 Å². The van der Waals surface area contributed by atoms with Gasteiger partial charge in [-0.2, -0.15) is 10.4 Å². The predicted octanol–water partition coefficient (Wildman–Crippen LogP) is 5.11. The topological polar surface area (TPSA) is 162 Å². The van der Waals surface area contributed by atoms with E-state index in [1.165, 1.54) is 18.5 Å². The van der Waals surface area contributed by atoms with E-state index in [-0.39, 0.29) is 18.2 Å². The van der Waals surface area contributed by atoms with Crippen molar-refractivity contribution in [2.24, 2.45) is 5.92 Å². The summed E-state index contributed by atoms with van der Waals surface area (Å²) in [5.74, 6) is 0.518. The lowest BCUT2D eigenvalue weighted by Gasteiger charge is -2.39. The van der Waals surface area contributed by atoms with Gasteiger partial charge in [0.1, 0.15) is 11.8 Å². The molecule has 2 saturated heterocycles. The molecule has 0 bridgehead atoms. The van der Waals surface area contributed by atoms with Crippen LogP contribution in [0.5, 0.6) is 5.75 Å². The van der Waals surface area contributed by atoms with E-state index in [2.05, 4.69) is 47.3 Å². The minimum absolute atomic E-state index is 0.251. The van der Waals surface area contributed by atoms with Crippen LogP contribution in [-0.2, 0) is 4.79 Å². The third-order valence-electron chi connectivity index (χ3n) is 10.7. The average molecular weight is 713 g/mol. The van der Waals surface area contributed by atoms with Crippen LogP contribution in [0.1, 0.15) is 54.1 Å². The zero-order chi connectivity index (χ0) is 36.5. The Balaban J connectivity index is 0.867. The molecule has 0 radical (unpaired) electrons. The normalized spacial score (nSPS) is 19.6. The van der Waals surface area contributed by atoms with Crippen molar-refractivity contribution in [3.05, 3.63) is 78.5 Å². The molecule has 2 aromatic carbocycles. The smallest absolute Gasteiger partial charge is 0.328 e. The number of ether oxygens (including phenoxy) is 1. The lowest BCUT2D eigenvalue weighted by Crippen LogP contribution is -2.49. The minimum Gasteiger partial charge on any atom is -0.494 e. The molecule has 0 atom stereocenters. The highest BCUT2D eigenvalue weighted by molar-refractivity contribution is 6.11. The van der Waals surface area contributed by atoms with E-state index in [0.717, 1.165) is 91.5 Å². The Morgan fingerprint density at radius 1 is 0.962 bits per heavy atom. The van der Waals surface area contributed by atoms with Gasteiger partial charge in [0, 0.05) is 98.4 Å². The Morgan fingerprint density at radius 2 is 1.77 bits per heavy atom. The van der Waals surface area contributed by atoms with Crippen molar-refractivity contribution in [3.8, 4) is 11.8 Å². The number of anilines is 3. The Morgan fingerprint density at radius 3 is 2.55 bits per heavy atom. The molecule has 5 aromatic rings. The first kappa shape index (κ1) is 34.0. The zero-order valence-corrected chi connectivity index (χ0v) is 29.5. The number of aromatic nitrogens is 4. The summed E-state index contributed by atoms with van der Waals surface area (Å²) in [6.07, 6.45) is 13.1. The highest BCUT2D eigenvalue weighted by Crippen LogP contribution is 2.37. The Kier molecular flexibility index (Phi) is 9.32. The van der Waals surface area contributed by atoms with Crippen molar-refractivity contribution in [2.75, 3.05) is 61.5 Å². The van der Waals surface area contributed by atoms with Gasteiger partial charge >= 0.3 is 6.03 Å². The maximum Gasteiger partial charge on any atom is 0.328 e. The van der Waals surface area contributed by atoms with Gasteiger partial charge in [0.05, 0.1) is 47.4 Å². The number of nitrogens with one attached hydrogen (secondary N) is 2. The van der Waals surface area contributed by atoms with E-state index < -0.39 is 6.03 Å². The molecule has 1 saturated carbocycles. The van der Waals surface area contributed by atoms with Gasteiger partial charge in [-0.25, -0.2) is 4.79 Å². The third kappa shape index (κ3) is 6.95. The number of carbonyl (C=O) groups excluding carboxylic acids is 3. The lowest BCUT2D eigenvalue weighted by atomic mass is 9.85. The number of amides is 4. The van der Waals surface area contributed by atoms with Gasteiger partial charge in [-0.3, -0.25) is 39.4 Å². The average Bonchev–Trinajstić information content (AvgIpc) is 3.61. The van der Waals surface area contributed by atoms with Gasteiger partial charge in [0.25, 0.3) is 5.91 Å². The standard InChI is InChI=1S/C39H40N10O4/c1-53-36-17-32-28(16-33(36)43-38(51)27-15-26(18-40)19-41-20-27)24-49(45-32)29-7-5-25(6-8-29)23-46-11-13-47(14-12-46)34-4-2-3-30-31(34)21-42-22-35(30)48-10-9-37(50)44-39(48)52/h2-4,15-17,19-22,24-25,29H,5-14,23H2,1H3,(H,43,51)(H,44,50,52)/t25-,29-. The number of nitrogens with zero attached hydrogens (tertiary/aromatic N) is 8. The van der Waals surface area contributed by atoms with Crippen molar-refractivity contribution in [2.45, 2.75) is 38.1 Å². The summed E-state index contributed by atoms with van der Waals surface area (Å²) in [7, 11) is 1.56. The van der Waals surface area contributed by atoms with Gasteiger partial charge in [0.15, 0.2) is 0 Å². The molecule has 5 heterocycles. The summed E-state index contributed by atoms with van der Waals surface area (Å²) >= 11 is 0. The number of rotatable bonds is 8. The van der Waals surface area contributed by atoms with Crippen LogP contribution in [0, 0.1) is 17.2 Å². The highest BCUT2D eigenvalue weighted by atomic mass is 16.5.